The van der Waals surface area contributed by atoms with E-state index < -0.39 is 0 Å². The fourth-order valence-electron chi connectivity index (χ4n) is 1.51. The zero-order chi connectivity index (χ0) is 8.84. The Hall–Kier alpha value is -1.84. The minimum Gasteiger partial charge on any atom is -0.422 e. The molecule has 0 aliphatic rings. The number of aryl methyl sites for hydroxylation is 1. The summed E-state index contributed by atoms with van der Waals surface area (Å²) < 4.78 is 7.36. The smallest absolute Gasteiger partial charge is 0.327 e. The number of benzene rings is 1. The van der Waals surface area contributed by atoms with Gasteiger partial charge in [0.2, 0.25) is 0 Å². The zero-order valence-electron chi connectivity index (χ0n) is 7.06. The molecular formula is C9H7N3O. The predicted molar refractivity (Wildman–Crippen MR) is 47.5 cm³/mol. The van der Waals surface area contributed by atoms with Gasteiger partial charge in [-0.25, -0.2) is 4.40 Å². The third-order valence-electron chi connectivity index (χ3n) is 2.10. The maximum atomic E-state index is 5.46. The molecule has 0 spiro atoms. The number of nitrogens with zero attached hydrogens (tertiary/aromatic N) is 3. The highest BCUT2D eigenvalue weighted by molar-refractivity contribution is 5.76. The van der Waals surface area contributed by atoms with E-state index in [1.54, 1.807) is 0 Å². The van der Waals surface area contributed by atoms with Crippen LogP contribution in [-0.4, -0.2) is 14.6 Å². The molecular weight excluding hydrogens is 166 g/mol. The predicted octanol–water partition coefficient (Wildman–Crippen LogP) is 1.78. The second-order valence-electron chi connectivity index (χ2n) is 2.93. The summed E-state index contributed by atoms with van der Waals surface area (Å²) in [5, 5.41) is 7.83. The van der Waals surface area contributed by atoms with Crippen LogP contribution >= 0.6 is 0 Å². The summed E-state index contributed by atoms with van der Waals surface area (Å²) in [4.78, 5) is 0. The molecule has 0 bridgehead atoms. The highest BCUT2D eigenvalue weighted by atomic mass is 16.4. The van der Waals surface area contributed by atoms with E-state index in [9.17, 15) is 0 Å². The van der Waals surface area contributed by atoms with Gasteiger partial charge in [-0.3, -0.25) is 0 Å². The van der Waals surface area contributed by atoms with Crippen molar-refractivity contribution in [2.24, 2.45) is 0 Å². The number of oxazole rings is 1. The van der Waals surface area contributed by atoms with Crippen LogP contribution < -0.4 is 0 Å². The molecule has 0 saturated carbocycles. The number of aromatic nitrogens is 3. The van der Waals surface area contributed by atoms with Crippen molar-refractivity contribution in [1.82, 2.24) is 14.6 Å². The van der Waals surface area contributed by atoms with E-state index in [-0.39, 0.29) is 0 Å². The molecule has 0 saturated heterocycles. The topological polar surface area (TPSA) is 43.3 Å². The number of hydrogen-bond acceptors (Lipinski definition) is 3. The van der Waals surface area contributed by atoms with Crippen LogP contribution in [0.4, 0.5) is 0 Å². The first-order valence-electron chi connectivity index (χ1n) is 4.05. The fraction of sp³-hybridized carbons (Fsp3) is 0.111. The van der Waals surface area contributed by atoms with Crippen LogP contribution in [0, 0.1) is 6.92 Å². The largest absolute Gasteiger partial charge is 0.422 e. The fourth-order valence-corrected chi connectivity index (χ4v) is 1.51. The van der Waals surface area contributed by atoms with Gasteiger partial charge in [-0.15, -0.1) is 5.10 Å². The van der Waals surface area contributed by atoms with Gasteiger partial charge in [0.1, 0.15) is 5.82 Å². The summed E-state index contributed by atoms with van der Waals surface area (Å²) in [6, 6.07) is 7.82. The van der Waals surface area contributed by atoms with Crippen molar-refractivity contribution in [3.05, 3.63) is 30.1 Å². The summed E-state index contributed by atoms with van der Waals surface area (Å²) in [6.07, 6.45) is 0. The van der Waals surface area contributed by atoms with Crippen molar-refractivity contribution >= 4 is 16.9 Å². The molecule has 0 unspecified atom stereocenters. The minimum atomic E-state index is 0.554. The molecule has 13 heavy (non-hydrogen) atoms. The van der Waals surface area contributed by atoms with Crippen LogP contribution in [-0.2, 0) is 0 Å². The van der Waals surface area contributed by atoms with Crippen molar-refractivity contribution in [2.75, 3.05) is 0 Å². The lowest BCUT2D eigenvalue weighted by atomic mass is 10.3. The van der Waals surface area contributed by atoms with Gasteiger partial charge in [0.05, 0.1) is 5.52 Å². The molecule has 0 N–H and O–H groups in total. The van der Waals surface area contributed by atoms with Gasteiger partial charge in [0.25, 0.3) is 0 Å². The molecule has 2 heterocycles. The molecule has 0 aliphatic heterocycles. The lowest BCUT2D eigenvalue weighted by Crippen LogP contribution is -1.83. The number of fused-ring (bicyclic) bond motifs is 3. The molecule has 4 nitrogen and oxygen atoms in total. The number of para-hydroxylation sites is 2. The monoisotopic (exact) mass is 173 g/mol. The van der Waals surface area contributed by atoms with Crippen molar-refractivity contribution in [1.29, 1.82) is 0 Å². The Bertz CT molecular complexity index is 579. The molecule has 0 atom stereocenters. The average Bonchev–Trinajstić information content (AvgIpc) is 2.66. The van der Waals surface area contributed by atoms with E-state index >= 15 is 0 Å². The molecule has 64 valence electrons. The Labute approximate surface area is 73.8 Å². The molecule has 4 heteroatoms. The summed E-state index contributed by atoms with van der Waals surface area (Å²) in [6.45, 7) is 1.90. The second-order valence-corrected chi connectivity index (χ2v) is 2.93. The number of rotatable bonds is 0. The highest BCUT2D eigenvalue weighted by Gasteiger charge is 2.09. The zero-order valence-corrected chi connectivity index (χ0v) is 7.06. The normalized spacial score (nSPS) is 11.5. The van der Waals surface area contributed by atoms with Crippen LogP contribution in [0.15, 0.2) is 28.7 Å². The SMILES string of the molecule is Cc1nnc2oc3ccccc3n12. The standard InChI is InChI=1S/C9H7N3O/c1-6-10-11-9-12(6)7-4-2-3-5-8(7)13-9/h2-5H,1H3. The Kier molecular flexibility index (Phi) is 1.07. The quantitative estimate of drug-likeness (QED) is 0.520. The van der Waals surface area contributed by atoms with Crippen molar-refractivity contribution < 1.29 is 4.42 Å². The first-order chi connectivity index (χ1) is 6.36. The molecule has 0 radical (unpaired) electrons. The summed E-state index contributed by atoms with van der Waals surface area (Å²) in [5.41, 5.74) is 1.86. The van der Waals surface area contributed by atoms with Crippen LogP contribution in [0.25, 0.3) is 16.9 Å². The minimum absolute atomic E-state index is 0.554. The Morgan fingerprint density at radius 3 is 3.00 bits per heavy atom. The van der Waals surface area contributed by atoms with Gasteiger partial charge in [-0.05, 0) is 19.1 Å². The molecule has 1 aromatic carbocycles. The summed E-state index contributed by atoms with van der Waals surface area (Å²) >= 11 is 0. The molecule has 3 aromatic rings. The van der Waals surface area contributed by atoms with E-state index in [1.165, 1.54) is 0 Å². The van der Waals surface area contributed by atoms with Gasteiger partial charge < -0.3 is 4.42 Å². The molecule has 2 aromatic heterocycles. The summed E-state index contributed by atoms with van der Waals surface area (Å²) in [5.74, 6) is 1.40. The Morgan fingerprint density at radius 1 is 1.23 bits per heavy atom. The van der Waals surface area contributed by atoms with E-state index in [1.807, 2.05) is 35.6 Å². The van der Waals surface area contributed by atoms with E-state index in [0.717, 1.165) is 16.9 Å². The maximum Gasteiger partial charge on any atom is 0.327 e. The van der Waals surface area contributed by atoms with Crippen molar-refractivity contribution in [3.63, 3.8) is 0 Å². The lowest BCUT2D eigenvalue weighted by molar-refractivity contribution is 0.637. The van der Waals surface area contributed by atoms with Crippen LogP contribution in [0.3, 0.4) is 0 Å². The molecule has 0 aliphatic carbocycles. The second kappa shape index (κ2) is 2.10. The van der Waals surface area contributed by atoms with Gasteiger partial charge in [-0.2, -0.15) is 0 Å². The van der Waals surface area contributed by atoms with E-state index in [4.69, 9.17) is 4.42 Å². The van der Waals surface area contributed by atoms with Gasteiger partial charge in [0, 0.05) is 0 Å². The van der Waals surface area contributed by atoms with E-state index in [0.29, 0.717) is 5.84 Å². The molecule has 0 fully saturated rings. The van der Waals surface area contributed by atoms with Crippen molar-refractivity contribution in [3.8, 4) is 0 Å². The Morgan fingerprint density at radius 2 is 2.08 bits per heavy atom. The van der Waals surface area contributed by atoms with Crippen LogP contribution in [0.5, 0.6) is 0 Å². The van der Waals surface area contributed by atoms with Crippen molar-refractivity contribution in [2.45, 2.75) is 6.92 Å². The van der Waals surface area contributed by atoms with Gasteiger partial charge >= 0.3 is 5.84 Å². The first kappa shape index (κ1) is 6.65. The third kappa shape index (κ3) is 0.744. The number of hydrogen-bond donors (Lipinski definition) is 0. The highest BCUT2D eigenvalue weighted by Crippen LogP contribution is 2.19. The third-order valence-corrected chi connectivity index (χ3v) is 2.10. The van der Waals surface area contributed by atoms with Crippen LogP contribution in [0.2, 0.25) is 0 Å². The molecule has 3 rings (SSSR count). The average molecular weight is 173 g/mol. The van der Waals surface area contributed by atoms with Crippen LogP contribution in [0.1, 0.15) is 5.82 Å². The van der Waals surface area contributed by atoms with E-state index in [2.05, 4.69) is 10.2 Å². The maximum absolute atomic E-state index is 5.46. The lowest BCUT2D eigenvalue weighted by Gasteiger charge is -1.87. The first-order valence-corrected chi connectivity index (χ1v) is 4.05. The molecule has 0 amide bonds. The Balaban J connectivity index is 2.66. The van der Waals surface area contributed by atoms with Gasteiger partial charge in [-0.1, -0.05) is 17.2 Å². The van der Waals surface area contributed by atoms with Gasteiger partial charge in [0.15, 0.2) is 5.58 Å². The summed E-state index contributed by atoms with van der Waals surface area (Å²) in [7, 11) is 0.